The van der Waals surface area contributed by atoms with E-state index in [1.165, 1.54) is 19.3 Å². The molecule has 1 aromatic carbocycles. The number of hydrogen-bond acceptors (Lipinski definition) is 3. The number of rotatable bonds is 4. The lowest BCUT2D eigenvalue weighted by molar-refractivity contribution is 0.171. The van der Waals surface area contributed by atoms with Gasteiger partial charge in [-0.3, -0.25) is 0 Å². The number of carbonyl (C=O) groups excluding carboxylic acids is 1. The van der Waals surface area contributed by atoms with Gasteiger partial charge in [-0.15, -0.1) is 0 Å². The van der Waals surface area contributed by atoms with Crippen molar-refractivity contribution in [1.29, 1.82) is 0 Å². The lowest BCUT2D eigenvalue weighted by Gasteiger charge is -2.26. The highest BCUT2D eigenvalue weighted by Crippen LogP contribution is 2.32. The van der Waals surface area contributed by atoms with Gasteiger partial charge in [0.1, 0.15) is 13.2 Å². The SMILES string of the molecule is C[C@H](NC(=O)NCC1CCC1)c1ccc2c(c1)OCCO2. The van der Waals surface area contributed by atoms with Gasteiger partial charge in [-0.2, -0.15) is 0 Å². The van der Waals surface area contributed by atoms with Crippen molar-refractivity contribution in [2.24, 2.45) is 5.92 Å². The van der Waals surface area contributed by atoms with E-state index in [0.29, 0.717) is 19.1 Å². The lowest BCUT2D eigenvalue weighted by Crippen LogP contribution is -2.40. The third kappa shape index (κ3) is 3.40. The molecule has 2 amide bonds. The fourth-order valence-electron chi connectivity index (χ4n) is 2.59. The summed E-state index contributed by atoms with van der Waals surface area (Å²) >= 11 is 0. The van der Waals surface area contributed by atoms with Crippen molar-refractivity contribution in [3.05, 3.63) is 23.8 Å². The number of benzene rings is 1. The molecule has 0 radical (unpaired) electrons. The molecule has 1 fully saturated rings. The standard InChI is InChI=1S/C16H22N2O3/c1-11(18-16(19)17-10-12-3-2-4-12)13-5-6-14-15(9-13)21-8-7-20-14/h5-6,9,11-12H,2-4,7-8,10H2,1H3,(H2,17,18,19)/t11-/m0/s1. The molecule has 114 valence electrons. The summed E-state index contributed by atoms with van der Waals surface area (Å²) in [6, 6.07) is 5.62. The Bertz CT molecular complexity index is 514. The number of hydrogen-bond donors (Lipinski definition) is 2. The van der Waals surface area contributed by atoms with Gasteiger partial charge in [-0.1, -0.05) is 12.5 Å². The molecule has 21 heavy (non-hydrogen) atoms. The third-order valence-electron chi connectivity index (χ3n) is 4.19. The highest BCUT2D eigenvalue weighted by molar-refractivity contribution is 5.74. The Morgan fingerprint density at radius 2 is 2.05 bits per heavy atom. The Hall–Kier alpha value is -1.91. The van der Waals surface area contributed by atoms with Crippen LogP contribution in [0, 0.1) is 5.92 Å². The van der Waals surface area contributed by atoms with Crippen LogP contribution in [0.25, 0.3) is 0 Å². The highest BCUT2D eigenvalue weighted by atomic mass is 16.6. The Morgan fingerprint density at radius 1 is 1.29 bits per heavy atom. The maximum atomic E-state index is 11.9. The average molecular weight is 290 g/mol. The number of ether oxygens (including phenoxy) is 2. The van der Waals surface area contributed by atoms with Crippen LogP contribution < -0.4 is 20.1 Å². The molecule has 2 aliphatic rings. The second kappa shape index (κ2) is 6.24. The molecule has 1 aromatic rings. The summed E-state index contributed by atoms with van der Waals surface area (Å²) in [6.07, 6.45) is 3.76. The number of carbonyl (C=O) groups is 1. The quantitative estimate of drug-likeness (QED) is 0.896. The van der Waals surface area contributed by atoms with Gasteiger partial charge in [-0.05, 0) is 43.4 Å². The molecule has 0 aromatic heterocycles. The minimum absolute atomic E-state index is 0.0674. The summed E-state index contributed by atoms with van der Waals surface area (Å²) in [5.74, 6) is 2.19. The van der Waals surface area contributed by atoms with Crippen LogP contribution in [0.15, 0.2) is 18.2 Å². The van der Waals surface area contributed by atoms with Crippen LogP contribution in [0.4, 0.5) is 4.79 Å². The van der Waals surface area contributed by atoms with Crippen molar-refractivity contribution in [2.45, 2.75) is 32.2 Å². The minimum Gasteiger partial charge on any atom is -0.486 e. The van der Waals surface area contributed by atoms with E-state index in [0.717, 1.165) is 23.6 Å². The molecule has 2 N–H and O–H groups in total. The van der Waals surface area contributed by atoms with Crippen LogP contribution >= 0.6 is 0 Å². The first-order chi connectivity index (χ1) is 10.2. The zero-order valence-electron chi connectivity index (χ0n) is 12.4. The molecule has 0 unspecified atom stereocenters. The van der Waals surface area contributed by atoms with Gasteiger partial charge in [0.25, 0.3) is 0 Å². The van der Waals surface area contributed by atoms with Crippen molar-refractivity contribution in [3.63, 3.8) is 0 Å². The van der Waals surface area contributed by atoms with E-state index in [1.807, 2.05) is 25.1 Å². The number of fused-ring (bicyclic) bond motifs is 1. The predicted octanol–water partition coefficient (Wildman–Crippen LogP) is 2.62. The fourth-order valence-corrected chi connectivity index (χ4v) is 2.59. The molecule has 1 heterocycles. The van der Waals surface area contributed by atoms with Gasteiger partial charge in [0, 0.05) is 6.54 Å². The van der Waals surface area contributed by atoms with Gasteiger partial charge in [-0.25, -0.2) is 4.79 Å². The van der Waals surface area contributed by atoms with Crippen molar-refractivity contribution in [2.75, 3.05) is 19.8 Å². The second-order valence-electron chi connectivity index (χ2n) is 5.78. The fraction of sp³-hybridized carbons (Fsp3) is 0.562. The second-order valence-corrected chi connectivity index (χ2v) is 5.78. The number of urea groups is 1. The van der Waals surface area contributed by atoms with Crippen molar-refractivity contribution < 1.29 is 14.3 Å². The molecule has 1 saturated carbocycles. The molecule has 0 saturated heterocycles. The largest absolute Gasteiger partial charge is 0.486 e. The van der Waals surface area contributed by atoms with Gasteiger partial charge < -0.3 is 20.1 Å². The topological polar surface area (TPSA) is 59.6 Å². The smallest absolute Gasteiger partial charge is 0.315 e. The van der Waals surface area contributed by atoms with E-state index < -0.39 is 0 Å². The minimum atomic E-state index is -0.107. The van der Waals surface area contributed by atoms with Gasteiger partial charge >= 0.3 is 6.03 Å². The molecule has 3 rings (SSSR count). The summed E-state index contributed by atoms with van der Waals surface area (Å²) < 4.78 is 11.1. The van der Waals surface area contributed by atoms with E-state index in [2.05, 4.69) is 10.6 Å². The van der Waals surface area contributed by atoms with Crippen LogP contribution in [-0.2, 0) is 0 Å². The summed E-state index contributed by atoms with van der Waals surface area (Å²) in [7, 11) is 0. The zero-order chi connectivity index (χ0) is 14.7. The normalized spacial score (nSPS) is 18.5. The van der Waals surface area contributed by atoms with Crippen LogP contribution in [0.2, 0.25) is 0 Å². The van der Waals surface area contributed by atoms with Crippen molar-refractivity contribution >= 4 is 6.03 Å². The van der Waals surface area contributed by atoms with Crippen LogP contribution in [0.5, 0.6) is 11.5 Å². The first-order valence-electron chi connectivity index (χ1n) is 7.66. The maximum Gasteiger partial charge on any atom is 0.315 e. The van der Waals surface area contributed by atoms with Crippen LogP contribution in [0.1, 0.15) is 37.8 Å². The molecule has 1 aliphatic carbocycles. The van der Waals surface area contributed by atoms with Gasteiger partial charge in [0.2, 0.25) is 0 Å². The molecule has 5 nitrogen and oxygen atoms in total. The Balaban J connectivity index is 1.54. The monoisotopic (exact) mass is 290 g/mol. The van der Waals surface area contributed by atoms with Crippen LogP contribution in [0.3, 0.4) is 0 Å². The molecule has 0 spiro atoms. The Labute approximate surface area is 125 Å². The molecule has 5 heteroatoms. The Kier molecular flexibility index (Phi) is 4.18. The van der Waals surface area contributed by atoms with Crippen molar-refractivity contribution in [1.82, 2.24) is 10.6 Å². The first-order valence-corrected chi connectivity index (χ1v) is 7.66. The molecule has 0 bridgehead atoms. The molecule has 1 aliphatic heterocycles. The first kappa shape index (κ1) is 14.0. The van der Waals surface area contributed by atoms with E-state index in [1.54, 1.807) is 0 Å². The van der Waals surface area contributed by atoms with Crippen LogP contribution in [-0.4, -0.2) is 25.8 Å². The van der Waals surface area contributed by atoms with E-state index >= 15 is 0 Å². The van der Waals surface area contributed by atoms with Gasteiger partial charge in [0.15, 0.2) is 11.5 Å². The predicted molar refractivity (Wildman–Crippen MR) is 79.7 cm³/mol. The van der Waals surface area contributed by atoms with E-state index in [4.69, 9.17) is 9.47 Å². The average Bonchev–Trinajstić information content (AvgIpc) is 2.45. The molecular weight excluding hydrogens is 268 g/mol. The number of nitrogens with one attached hydrogen (secondary N) is 2. The summed E-state index contributed by atoms with van der Waals surface area (Å²) in [6.45, 7) is 3.90. The summed E-state index contributed by atoms with van der Waals surface area (Å²) in [5.41, 5.74) is 1.01. The number of amides is 2. The third-order valence-corrected chi connectivity index (χ3v) is 4.19. The summed E-state index contributed by atoms with van der Waals surface area (Å²) in [5, 5.41) is 5.90. The molecular formula is C16H22N2O3. The zero-order valence-corrected chi connectivity index (χ0v) is 12.4. The van der Waals surface area contributed by atoms with Gasteiger partial charge in [0.05, 0.1) is 6.04 Å². The molecule has 1 atom stereocenters. The van der Waals surface area contributed by atoms with Crippen molar-refractivity contribution in [3.8, 4) is 11.5 Å². The summed E-state index contributed by atoms with van der Waals surface area (Å²) in [4.78, 5) is 11.9. The highest BCUT2D eigenvalue weighted by Gasteiger charge is 2.19. The maximum absolute atomic E-state index is 11.9. The van der Waals surface area contributed by atoms with E-state index in [-0.39, 0.29) is 12.1 Å². The van der Waals surface area contributed by atoms with E-state index in [9.17, 15) is 4.79 Å². The lowest BCUT2D eigenvalue weighted by atomic mass is 9.85. The Morgan fingerprint density at radius 3 is 2.76 bits per heavy atom.